The molecule has 17 aromatic rings. The molecule has 0 saturated heterocycles. The number of carbonyl (C=O) groups is 10. The standard InChI is InChI=1S/C112H97N3O19/c1-7-13-53-127-85-45-43-71-67-29-37-77-93-75(35-27-65(89(67)93)69-31-40-81(99(85)91(69)71)110(124)130-56-16-10-4)103(117)113(105(77)119)49-47-61-19-23-63(24-20-61)133-87-59-83-95-79(107(121)115(51-52-116)108(83)122)39-33-73-98-88(60-84(112(126)132-58-18-12-6)96-80(109(123)129-55-15-9-3)42-34-74(102(96)98)97(87)101(73)95)134-64-25-21-62(22-26-64)48-50-114-104(118)76-36-28-66-70-32-41-82(111(125)131-57-17-11-5)100-86(128-54-14-8-2)46-44-72(92(70)100)68-30-38-78(106(114)120)94(76)90(66)68/h19-46,59-60,116H,7-18,47-58H2,1-6H3. The second-order valence-corrected chi connectivity index (χ2v) is 35.0. The van der Waals surface area contributed by atoms with Crippen LogP contribution in [-0.4, -0.2) is 145 Å². The summed E-state index contributed by atoms with van der Waals surface area (Å²) in [5, 5.41) is 25.5. The number of hydrogen-bond donors (Lipinski definition) is 1. The van der Waals surface area contributed by atoms with E-state index in [0.717, 1.165) is 138 Å². The third-order valence-electron chi connectivity index (χ3n) is 26.8. The van der Waals surface area contributed by atoms with Crippen LogP contribution in [0.4, 0.5) is 0 Å². The van der Waals surface area contributed by atoms with E-state index in [1.54, 1.807) is 97.1 Å². The monoisotopic (exact) mass is 1790 g/mol. The number of amides is 6. The van der Waals surface area contributed by atoms with E-state index in [9.17, 15) is 43.5 Å². The van der Waals surface area contributed by atoms with Gasteiger partial charge in [-0.25, -0.2) is 19.2 Å². The van der Waals surface area contributed by atoms with Crippen LogP contribution in [-0.2, 0) is 31.8 Å². The van der Waals surface area contributed by atoms with Crippen molar-refractivity contribution in [2.75, 3.05) is 65.9 Å². The van der Waals surface area contributed by atoms with Gasteiger partial charge in [-0.15, -0.1) is 0 Å². The van der Waals surface area contributed by atoms with Crippen molar-refractivity contribution in [3.63, 3.8) is 0 Å². The molecule has 0 atom stereocenters. The molecule has 0 aliphatic carbocycles. The molecule has 0 radical (unpaired) electrons. The summed E-state index contributed by atoms with van der Waals surface area (Å²) in [6, 6.07) is 54.0. The molecular formula is C112H97N3O19. The molecule has 17 aromatic carbocycles. The first-order chi connectivity index (χ1) is 65.4. The Morgan fingerprint density at radius 1 is 0.254 bits per heavy atom. The predicted octanol–water partition coefficient (Wildman–Crippen LogP) is 23.9. The third kappa shape index (κ3) is 14.5. The van der Waals surface area contributed by atoms with Gasteiger partial charge in [-0.3, -0.25) is 43.5 Å². The van der Waals surface area contributed by atoms with Crippen LogP contribution in [0.1, 0.15) is 233 Å². The minimum absolute atomic E-state index is 0.0134. The van der Waals surface area contributed by atoms with Gasteiger partial charge >= 0.3 is 23.9 Å². The van der Waals surface area contributed by atoms with E-state index in [2.05, 4.69) is 13.8 Å². The molecule has 3 heterocycles. The van der Waals surface area contributed by atoms with Crippen molar-refractivity contribution in [2.45, 2.75) is 131 Å². The number of benzene rings is 17. The Morgan fingerprint density at radius 3 is 0.903 bits per heavy atom. The van der Waals surface area contributed by atoms with Crippen LogP contribution in [0.15, 0.2) is 182 Å². The number of carbonyl (C=O) groups excluding carboxylic acids is 10. The molecule has 3 aliphatic heterocycles. The van der Waals surface area contributed by atoms with Gasteiger partial charge in [0.15, 0.2) is 0 Å². The Morgan fingerprint density at radius 2 is 0.537 bits per heavy atom. The summed E-state index contributed by atoms with van der Waals surface area (Å²) in [6.45, 7) is 13.0. The van der Waals surface area contributed by atoms with E-state index in [0.29, 0.717) is 143 Å². The fourth-order valence-electron chi connectivity index (χ4n) is 20.1. The fourth-order valence-corrected chi connectivity index (χ4v) is 20.1. The van der Waals surface area contributed by atoms with E-state index in [1.165, 1.54) is 9.80 Å². The van der Waals surface area contributed by atoms with E-state index >= 15 is 9.59 Å². The van der Waals surface area contributed by atoms with Crippen LogP contribution in [0, 0.1) is 0 Å². The number of ether oxygens (including phenoxy) is 8. The average Bonchev–Trinajstić information content (AvgIpc) is 0.689. The molecule has 0 unspecified atom stereocenters. The summed E-state index contributed by atoms with van der Waals surface area (Å²) < 4.78 is 50.7. The molecule has 3 aliphatic rings. The summed E-state index contributed by atoms with van der Waals surface area (Å²) in [4.78, 5) is 151. The SMILES string of the molecule is CCCCOC(=O)c1ccc2c3ccc4c5c(ccc(c6ccc(OCCCC)c1c62)c53)C(=O)N(CCc1ccc(Oc2cc(C(=O)OCCCC)c3c(C(=O)OCCCC)ccc5c6c(Oc7ccc(CCN8C(=O)c9ccc%10c%11ccc(OCCCC)c%12c(C(=O)OCCCC)ccc(c%13ccc(c9c%10%13)C8=O)c%12%11)cc7)cc7c8c(ccc(c2c35)c86)C(=O)N(CCO)C7=O)cc1)C4=O. The number of nitrogens with zero attached hydrogens (tertiary/aromatic N) is 3. The Balaban J connectivity index is 0.631. The first kappa shape index (κ1) is 87.1. The normalized spacial score (nSPS) is 13.3. The van der Waals surface area contributed by atoms with E-state index in [-0.39, 0.29) is 103 Å². The fraction of sp³-hybridized carbons (Fsp3) is 0.268. The predicted molar refractivity (Wildman–Crippen MR) is 518 cm³/mol. The third-order valence-corrected chi connectivity index (χ3v) is 26.8. The number of unbranched alkanes of at least 4 members (excludes halogenated alkanes) is 6. The van der Waals surface area contributed by atoms with Gasteiger partial charge in [0.1, 0.15) is 34.5 Å². The molecule has 0 fully saturated rings. The van der Waals surface area contributed by atoms with E-state index in [1.807, 2.05) is 113 Å². The Labute approximate surface area is 770 Å². The summed E-state index contributed by atoms with van der Waals surface area (Å²) >= 11 is 0. The number of hydrogen-bond acceptors (Lipinski definition) is 19. The number of esters is 4. The molecule has 134 heavy (non-hydrogen) atoms. The highest BCUT2D eigenvalue weighted by atomic mass is 16.5. The van der Waals surface area contributed by atoms with Gasteiger partial charge in [0.2, 0.25) is 0 Å². The average molecular weight is 1790 g/mol. The lowest BCUT2D eigenvalue weighted by atomic mass is 9.82. The number of imide groups is 3. The van der Waals surface area contributed by atoms with Gasteiger partial charge in [0, 0.05) is 106 Å². The Bertz CT molecular complexity index is 7650. The van der Waals surface area contributed by atoms with Gasteiger partial charge in [0.05, 0.1) is 80.6 Å². The first-order valence-corrected chi connectivity index (χ1v) is 46.8. The molecule has 6 amide bonds. The zero-order chi connectivity index (χ0) is 92.6. The van der Waals surface area contributed by atoms with Gasteiger partial charge in [-0.05, 0) is 224 Å². The van der Waals surface area contributed by atoms with Crippen LogP contribution in [0.5, 0.6) is 34.5 Å². The van der Waals surface area contributed by atoms with Crippen molar-refractivity contribution < 1.29 is 90.9 Å². The smallest absolute Gasteiger partial charge is 0.338 e. The zero-order valence-corrected chi connectivity index (χ0v) is 75.4. The molecule has 0 saturated carbocycles. The first-order valence-electron chi connectivity index (χ1n) is 46.8. The van der Waals surface area contributed by atoms with Gasteiger partial charge in [-0.1, -0.05) is 165 Å². The number of rotatable bonds is 36. The van der Waals surface area contributed by atoms with E-state index in [4.69, 9.17) is 37.9 Å². The molecule has 1 N–H and O–H groups in total. The maximum Gasteiger partial charge on any atom is 0.338 e. The van der Waals surface area contributed by atoms with Crippen molar-refractivity contribution in [3.05, 3.63) is 249 Å². The summed E-state index contributed by atoms with van der Waals surface area (Å²) in [7, 11) is 0. The molecule has 22 heteroatoms. The van der Waals surface area contributed by atoms with Crippen LogP contribution in [0.25, 0.3) is 129 Å². The molecule has 22 nitrogen and oxygen atoms in total. The number of aliphatic hydroxyl groups excluding tert-OH is 1. The molecule has 0 aromatic heterocycles. The van der Waals surface area contributed by atoms with Crippen molar-refractivity contribution in [1.29, 1.82) is 0 Å². The minimum atomic E-state index is -0.754. The highest BCUT2D eigenvalue weighted by Crippen LogP contribution is 2.55. The number of aliphatic hydroxyl groups is 1. The lowest BCUT2D eigenvalue weighted by Gasteiger charge is -2.29. The minimum Gasteiger partial charge on any atom is -0.493 e. The van der Waals surface area contributed by atoms with Crippen molar-refractivity contribution >= 4 is 189 Å². The molecule has 0 bridgehead atoms. The van der Waals surface area contributed by atoms with Gasteiger partial charge in [0.25, 0.3) is 35.4 Å². The largest absolute Gasteiger partial charge is 0.493 e. The van der Waals surface area contributed by atoms with Crippen LogP contribution in [0.3, 0.4) is 0 Å². The van der Waals surface area contributed by atoms with Crippen molar-refractivity contribution in [1.82, 2.24) is 14.7 Å². The Hall–Kier alpha value is -14.9. The van der Waals surface area contributed by atoms with Crippen molar-refractivity contribution in [3.8, 4) is 34.5 Å². The maximum atomic E-state index is 15.2. The van der Waals surface area contributed by atoms with Crippen LogP contribution in [0.2, 0.25) is 0 Å². The molecule has 0 spiro atoms. The Kier molecular flexibility index (Phi) is 23.4. The quantitative estimate of drug-likeness (QED) is 0.00954. The lowest BCUT2D eigenvalue weighted by molar-refractivity contribution is 0.0488. The van der Waals surface area contributed by atoms with Gasteiger partial charge < -0.3 is 43.0 Å². The summed E-state index contributed by atoms with van der Waals surface area (Å²) in [5.41, 5.74) is 4.08. The van der Waals surface area contributed by atoms with Crippen LogP contribution >= 0.6 is 0 Å². The summed E-state index contributed by atoms with van der Waals surface area (Å²) in [6.07, 6.45) is 9.65. The maximum absolute atomic E-state index is 15.2. The molecular weight excluding hydrogens is 1690 g/mol. The molecule has 20 rings (SSSR count). The van der Waals surface area contributed by atoms with Crippen LogP contribution < -0.4 is 18.9 Å². The highest BCUT2D eigenvalue weighted by molar-refractivity contribution is 6.44. The summed E-state index contributed by atoms with van der Waals surface area (Å²) in [5.74, 6) is -3.46. The zero-order valence-electron chi connectivity index (χ0n) is 75.4. The second-order valence-electron chi connectivity index (χ2n) is 35.0. The second kappa shape index (κ2) is 36.0. The lowest BCUT2D eigenvalue weighted by Crippen LogP contribution is -2.42. The highest BCUT2D eigenvalue weighted by Gasteiger charge is 2.41. The number of fused-ring (bicyclic) bond motifs is 6. The number of β-amino-alcohol motifs (C(OH)–C–C–N with tert-alkyl or cyclic N) is 1. The van der Waals surface area contributed by atoms with Crippen molar-refractivity contribution in [2.24, 2.45) is 0 Å². The van der Waals surface area contributed by atoms with E-state index < -0.39 is 65.9 Å². The van der Waals surface area contributed by atoms with Gasteiger partial charge in [-0.2, -0.15) is 0 Å². The molecule has 674 valence electrons. The topological polar surface area (TPSA) is 274 Å².